The fourth-order valence-electron chi connectivity index (χ4n) is 5.79. The summed E-state index contributed by atoms with van der Waals surface area (Å²) < 4.78 is 0. The molecule has 0 radical (unpaired) electrons. The van der Waals surface area contributed by atoms with Crippen LogP contribution < -0.4 is 31.8 Å². The maximum atomic E-state index is 10.4. The molecule has 8 aromatic rings. The molecule has 4 nitrogen and oxygen atoms in total. The maximum Gasteiger partial charge on any atom is 1.00 e. The normalized spacial score (nSPS) is 9.66. The summed E-state index contributed by atoms with van der Waals surface area (Å²) in [4.78, 5) is 21.5. The Morgan fingerprint density at radius 2 is 0.593 bits per heavy atom. The SMILES string of the molecule is O=C(O)c1ccccc1[S-].O=C(O)c1ccccc1[S-].[Au+].[Au+].[Fe].c1ccc([PH+](c2ccccc2)[c-]2cccc2)cc1.c1ccc([PH+](c2ccccc2)[c-]2cccc2)cc1. The number of hydrogen-bond donors (Lipinski definition) is 2. The quantitative estimate of drug-likeness (QED) is 0.0691. The van der Waals surface area contributed by atoms with Gasteiger partial charge in [-0.3, -0.25) is 0 Å². The number of hydrogen-bond acceptors (Lipinski definition) is 4. The molecule has 0 aliphatic rings. The van der Waals surface area contributed by atoms with Gasteiger partial charge >= 0.3 is 56.7 Å². The Balaban J connectivity index is 0.000000277. The molecule has 8 aromatic carbocycles. The zero-order chi connectivity index (χ0) is 39.5. The summed E-state index contributed by atoms with van der Waals surface area (Å²) in [7, 11) is -1.67. The van der Waals surface area contributed by atoms with Gasteiger partial charge in [-0.2, -0.15) is 9.79 Å². The third-order valence-corrected chi connectivity index (χ3v) is 14.6. The topological polar surface area (TPSA) is 74.6 Å². The number of carboxylic acids is 2. The Morgan fingerprint density at radius 3 is 0.797 bits per heavy atom. The molecule has 0 saturated carbocycles. The van der Waals surface area contributed by atoms with Gasteiger partial charge in [-0.25, -0.2) is 33.9 Å². The second kappa shape index (κ2) is 27.9. The Labute approximate surface area is 402 Å². The summed E-state index contributed by atoms with van der Waals surface area (Å²) in [5.74, 6) is -1.93. The van der Waals surface area contributed by atoms with Crippen LogP contribution in [0, 0.1) is 0 Å². The molecule has 0 spiro atoms. The second-order valence-corrected chi connectivity index (χ2v) is 18.0. The molecule has 308 valence electrons. The first kappa shape index (κ1) is 51.4. The molecule has 0 saturated heterocycles. The summed E-state index contributed by atoms with van der Waals surface area (Å²) in [5, 5.41) is 25.7. The van der Waals surface area contributed by atoms with Crippen LogP contribution in [0.15, 0.2) is 228 Å². The van der Waals surface area contributed by atoms with Gasteiger partial charge in [0.25, 0.3) is 0 Å². The first-order valence-corrected chi connectivity index (χ1v) is 21.5. The zero-order valence-electron chi connectivity index (χ0n) is 31.3. The molecule has 0 atom stereocenters. The van der Waals surface area contributed by atoms with Crippen LogP contribution in [0.3, 0.4) is 0 Å². The van der Waals surface area contributed by atoms with Crippen molar-refractivity contribution in [3.05, 3.63) is 230 Å². The molecule has 11 heteroatoms. The van der Waals surface area contributed by atoms with Crippen LogP contribution in [0.1, 0.15) is 20.7 Å². The van der Waals surface area contributed by atoms with Crippen molar-refractivity contribution in [2.24, 2.45) is 0 Å². The van der Waals surface area contributed by atoms with Gasteiger partial charge in [-0.1, -0.05) is 109 Å². The van der Waals surface area contributed by atoms with Crippen molar-refractivity contribution in [2.75, 3.05) is 0 Å². The Kier molecular flexibility index (Phi) is 24.3. The van der Waals surface area contributed by atoms with Gasteiger partial charge in [-0.05, 0) is 71.3 Å². The molecular weight excluding hydrogens is 1220 g/mol. The predicted octanol–water partition coefficient (Wildman–Crippen LogP) is 8.37. The van der Waals surface area contributed by atoms with Crippen molar-refractivity contribution >= 4 is 84.9 Å². The van der Waals surface area contributed by atoms with Crippen LogP contribution in [0.5, 0.6) is 0 Å². The molecule has 0 aromatic heterocycles. The Hall–Kier alpha value is -3.74. The van der Waals surface area contributed by atoms with Crippen LogP contribution in [0.2, 0.25) is 0 Å². The first-order chi connectivity index (χ1) is 27.3. The van der Waals surface area contributed by atoms with Crippen LogP contribution in [-0.4, -0.2) is 22.2 Å². The van der Waals surface area contributed by atoms with E-state index in [1.165, 1.54) is 44.0 Å². The van der Waals surface area contributed by atoms with Gasteiger partial charge < -0.3 is 35.5 Å². The summed E-state index contributed by atoms with van der Waals surface area (Å²) in [6.45, 7) is 0. The van der Waals surface area contributed by atoms with Gasteiger partial charge in [0.15, 0.2) is 0 Å². The molecule has 0 fully saturated rings. The average Bonchev–Trinajstić information content (AvgIpc) is 3.97. The minimum absolute atomic E-state index is 0. The minimum Gasteiger partial charge on any atom is -0.779 e. The average molecular weight is 1260 g/mol. The van der Waals surface area contributed by atoms with Crippen LogP contribution >= 0.6 is 15.8 Å². The fourth-order valence-corrected chi connectivity index (χ4v) is 11.4. The number of carboxylic acid groups (broad SMARTS) is 2. The molecule has 8 rings (SSSR count). The zero-order valence-corrected chi connectivity index (χ0v) is 40.3. The maximum absolute atomic E-state index is 10.4. The summed E-state index contributed by atoms with van der Waals surface area (Å²) >= 11 is 9.49. The largest absolute Gasteiger partial charge is 1.00 e. The molecule has 0 aliphatic carbocycles. The molecule has 59 heavy (non-hydrogen) atoms. The number of carbonyl (C=O) groups is 2. The molecule has 0 amide bonds. The summed E-state index contributed by atoms with van der Waals surface area (Å²) in [5.41, 5.74) is 0.384. The number of rotatable bonds is 8. The fraction of sp³-hybridized carbons (Fsp3) is 0. The first-order valence-electron chi connectivity index (χ1n) is 17.7. The van der Waals surface area contributed by atoms with Crippen molar-refractivity contribution < 1.29 is 81.6 Å². The monoisotopic (exact) mass is 1260 g/mol. The van der Waals surface area contributed by atoms with Gasteiger partial charge in [0.1, 0.15) is 0 Å². The molecule has 0 heterocycles. The predicted molar refractivity (Wildman–Crippen MR) is 242 cm³/mol. The molecule has 0 bridgehead atoms. The second-order valence-electron chi connectivity index (χ2n) is 12.2. The van der Waals surface area contributed by atoms with Crippen LogP contribution in [0.25, 0.3) is 0 Å². The smallest absolute Gasteiger partial charge is 0.779 e. The van der Waals surface area contributed by atoms with E-state index in [0.717, 1.165) is 0 Å². The number of aromatic carboxylic acids is 2. The van der Waals surface area contributed by atoms with Crippen molar-refractivity contribution in [3.63, 3.8) is 0 Å². The van der Waals surface area contributed by atoms with E-state index in [1.54, 1.807) is 36.4 Å². The van der Waals surface area contributed by atoms with Crippen LogP contribution in [0.4, 0.5) is 0 Å². The van der Waals surface area contributed by atoms with E-state index in [2.05, 4.69) is 170 Å². The number of benzene rings is 6. The third-order valence-electron chi connectivity index (χ3n) is 8.39. The minimum atomic E-state index is -0.967. The molecule has 2 N–H and O–H groups in total. The van der Waals surface area contributed by atoms with Gasteiger partial charge in [-0.15, -0.1) is 24.3 Å². The molecule has 0 unspecified atom stereocenters. The van der Waals surface area contributed by atoms with E-state index in [9.17, 15) is 9.59 Å². The van der Waals surface area contributed by atoms with E-state index in [-0.39, 0.29) is 73.0 Å². The van der Waals surface area contributed by atoms with Crippen molar-refractivity contribution in [3.8, 4) is 0 Å². The van der Waals surface area contributed by atoms with Crippen LogP contribution in [-0.2, 0) is 87.1 Å². The Bertz CT molecular complexity index is 2110. The van der Waals surface area contributed by atoms with Gasteiger partial charge in [0.2, 0.25) is 0 Å². The van der Waals surface area contributed by atoms with Gasteiger partial charge in [0.05, 0.1) is 21.2 Å². The molecule has 0 aliphatic heterocycles. The molecular formula is C48H40Au2FeO4P2S2. The summed E-state index contributed by atoms with van der Waals surface area (Å²) in [6.07, 6.45) is 0. The van der Waals surface area contributed by atoms with E-state index >= 15 is 0 Å². The van der Waals surface area contributed by atoms with E-state index < -0.39 is 27.8 Å². The third kappa shape index (κ3) is 16.0. The van der Waals surface area contributed by atoms with E-state index in [4.69, 9.17) is 35.5 Å². The Morgan fingerprint density at radius 1 is 0.373 bits per heavy atom. The van der Waals surface area contributed by atoms with Crippen molar-refractivity contribution in [1.82, 2.24) is 0 Å². The standard InChI is InChI=1S/2C17H15P.2C7H6O2S.2Au.Fe/c2*1-3-9-15(10-4-1)18(17-13-7-8-14-17)16-11-5-2-6-12-16;2*8-7(9)5-3-1-2-4-6(5)10;;;/h2*1-14,18H;2*1-4,10H,(H,8,9);;;/q;;;;2*+1;/p-2. The van der Waals surface area contributed by atoms with E-state index in [1.807, 2.05) is 0 Å². The van der Waals surface area contributed by atoms with E-state index in [0.29, 0.717) is 9.79 Å². The van der Waals surface area contributed by atoms with Crippen molar-refractivity contribution in [1.29, 1.82) is 0 Å². The van der Waals surface area contributed by atoms with Crippen molar-refractivity contribution in [2.45, 2.75) is 9.79 Å². The summed E-state index contributed by atoms with van der Waals surface area (Å²) in [6, 6.07) is 73.7. The van der Waals surface area contributed by atoms with Gasteiger partial charge in [0, 0.05) is 44.0 Å².